The van der Waals surface area contributed by atoms with Crippen molar-refractivity contribution in [2.75, 3.05) is 0 Å². The Balaban J connectivity index is 1.67. The van der Waals surface area contributed by atoms with Gasteiger partial charge in [0.25, 0.3) is 0 Å². The molecule has 3 heterocycles. The summed E-state index contributed by atoms with van der Waals surface area (Å²) in [4.78, 5) is 20.4. The second kappa shape index (κ2) is 5.96. The highest BCUT2D eigenvalue weighted by atomic mass is 16.5. The van der Waals surface area contributed by atoms with Gasteiger partial charge in [-0.2, -0.15) is 0 Å². The number of nitrogens with zero attached hydrogens (tertiary/aromatic N) is 4. The van der Waals surface area contributed by atoms with Crippen molar-refractivity contribution in [3.05, 3.63) is 77.4 Å². The lowest BCUT2D eigenvalue weighted by Crippen LogP contribution is -2.16. The number of aromatic nitrogens is 4. The average molecular weight is 320 g/mol. The Hall–Kier alpha value is -3.48. The first-order valence-electron chi connectivity index (χ1n) is 7.28. The summed E-state index contributed by atoms with van der Waals surface area (Å²) in [7, 11) is 0. The molecule has 0 aliphatic carbocycles. The van der Waals surface area contributed by atoms with Crippen LogP contribution >= 0.6 is 0 Å². The van der Waals surface area contributed by atoms with Crippen LogP contribution in [0.1, 0.15) is 5.69 Å². The van der Waals surface area contributed by atoms with E-state index in [4.69, 9.17) is 8.94 Å². The van der Waals surface area contributed by atoms with Crippen LogP contribution < -0.4 is 5.76 Å². The molecule has 0 bridgehead atoms. The number of rotatable bonds is 4. The van der Waals surface area contributed by atoms with Crippen LogP contribution in [-0.4, -0.2) is 19.7 Å². The smallest absolute Gasteiger partial charge is 0.442 e. The van der Waals surface area contributed by atoms with Crippen LogP contribution in [0.2, 0.25) is 0 Å². The minimum atomic E-state index is -0.557. The molecule has 0 saturated carbocycles. The van der Waals surface area contributed by atoms with Crippen LogP contribution in [0.25, 0.3) is 22.8 Å². The van der Waals surface area contributed by atoms with Gasteiger partial charge in [-0.25, -0.2) is 9.78 Å². The van der Waals surface area contributed by atoms with E-state index in [-0.39, 0.29) is 6.54 Å². The Morgan fingerprint density at radius 1 is 1.04 bits per heavy atom. The maximum Gasteiger partial charge on any atom is 0.442 e. The number of oxazole rings is 1. The highest BCUT2D eigenvalue weighted by molar-refractivity contribution is 5.54. The minimum Gasteiger partial charge on any atom is -0.444 e. The minimum absolute atomic E-state index is 0.197. The van der Waals surface area contributed by atoms with Crippen molar-refractivity contribution in [3.63, 3.8) is 0 Å². The molecule has 0 aliphatic heterocycles. The first kappa shape index (κ1) is 14.1. The number of hydrogen-bond donors (Lipinski definition) is 0. The molecular formula is C17H12N4O3. The topological polar surface area (TPSA) is 87.0 Å². The Labute approximate surface area is 136 Å². The van der Waals surface area contributed by atoms with Crippen LogP contribution in [0.5, 0.6) is 0 Å². The van der Waals surface area contributed by atoms with Gasteiger partial charge in [-0.05, 0) is 24.3 Å². The van der Waals surface area contributed by atoms with E-state index in [1.165, 1.54) is 10.8 Å². The van der Waals surface area contributed by atoms with Crippen LogP contribution in [0, 0.1) is 0 Å². The lowest BCUT2D eigenvalue weighted by atomic mass is 10.2. The molecule has 118 valence electrons. The zero-order chi connectivity index (χ0) is 16.4. The molecule has 3 aromatic heterocycles. The van der Waals surface area contributed by atoms with Crippen molar-refractivity contribution in [2.24, 2.45) is 0 Å². The summed E-state index contributed by atoms with van der Waals surface area (Å²) in [5.74, 6) is 0.341. The molecule has 0 N–H and O–H groups in total. The Kier molecular flexibility index (Phi) is 3.51. The van der Waals surface area contributed by atoms with Crippen molar-refractivity contribution in [3.8, 4) is 22.8 Å². The van der Waals surface area contributed by atoms with E-state index in [0.717, 1.165) is 5.56 Å². The normalized spacial score (nSPS) is 10.8. The van der Waals surface area contributed by atoms with E-state index in [0.29, 0.717) is 23.0 Å². The summed E-state index contributed by atoms with van der Waals surface area (Å²) >= 11 is 0. The molecule has 0 atom stereocenters. The zero-order valence-corrected chi connectivity index (χ0v) is 12.5. The van der Waals surface area contributed by atoms with Crippen molar-refractivity contribution < 1.29 is 8.94 Å². The van der Waals surface area contributed by atoms with Gasteiger partial charge in [-0.1, -0.05) is 23.4 Å². The Morgan fingerprint density at radius 3 is 2.67 bits per heavy atom. The monoisotopic (exact) mass is 320 g/mol. The average Bonchev–Trinajstić information content (AvgIpc) is 3.25. The van der Waals surface area contributed by atoms with Crippen LogP contribution in [0.4, 0.5) is 0 Å². The van der Waals surface area contributed by atoms with Gasteiger partial charge in [0.2, 0.25) is 5.89 Å². The highest BCUT2D eigenvalue weighted by Crippen LogP contribution is 2.19. The third kappa shape index (κ3) is 2.63. The molecule has 4 aromatic rings. The highest BCUT2D eigenvalue weighted by Gasteiger charge is 2.15. The van der Waals surface area contributed by atoms with E-state index in [9.17, 15) is 4.79 Å². The number of benzene rings is 1. The van der Waals surface area contributed by atoms with Gasteiger partial charge >= 0.3 is 5.76 Å². The summed E-state index contributed by atoms with van der Waals surface area (Å²) in [6, 6.07) is 13.1. The molecular weight excluding hydrogens is 308 g/mol. The van der Waals surface area contributed by atoms with Crippen molar-refractivity contribution in [2.45, 2.75) is 6.54 Å². The number of pyridine rings is 1. The van der Waals surface area contributed by atoms with E-state index in [1.807, 2.05) is 30.3 Å². The second-order valence-corrected chi connectivity index (χ2v) is 5.11. The molecule has 4 rings (SSSR count). The molecule has 24 heavy (non-hydrogen) atoms. The van der Waals surface area contributed by atoms with Crippen LogP contribution in [0.15, 0.2) is 74.9 Å². The largest absolute Gasteiger partial charge is 0.444 e. The van der Waals surface area contributed by atoms with Gasteiger partial charge in [0, 0.05) is 23.5 Å². The SMILES string of the molecule is O=c1onc(-c2cccnc2)n1Cc1coc(-c2ccccc2)n1. The summed E-state index contributed by atoms with van der Waals surface area (Å²) in [6.07, 6.45) is 4.79. The van der Waals surface area contributed by atoms with Gasteiger partial charge in [0.15, 0.2) is 5.82 Å². The fourth-order valence-corrected chi connectivity index (χ4v) is 2.37. The third-order valence-corrected chi connectivity index (χ3v) is 3.50. The summed E-state index contributed by atoms with van der Waals surface area (Å²) in [5, 5.41) is 3.82. The molecule has 0 unspecified atom stereocenters. The fraction of sp³-hybridized carbons (Fsp3) is 0.0588. The molecule has 1 aromatic carbocycles. The molecule has 0 amide bonds. The van der Waals surface area contributed by atoms with Crippen LogP contribution in [-0.2, 0) is 6.54 Å². The second-order valence-electron chi connectivity index (χ2n) is 5.11. The molecule has 0 radical (unpaired) electrons. The van der Waals surface area contributed by atoms with E-state index >= 15 is 0 Å². The third-order valence-electron chi connectivity index (χ3n) is 3.50. The maximum absolute atomic E-state index is 11.9. The van der Waals surface area contributed by atoms with E-state index in [2.05, 4.69) is 15.1 Å². The molecule has 0 spiro atoms. The number of hydrogen-bond acceptors (Lipinski definition) is 6. The first-order valence-corrected chi connectivity index (χ1v) is 7.28. The van der Waals surface area contributed by atoms with Crippen molar-refractivity contribution >= 4 is 0 Å². The molecule has 0 saturated heterocycles. The lowest BCUT2D eigenvalue weighted by Gasteiger charge is -2.01. The van der Waals surface area contributed by atoms with Crippen molar-refractivity contribution in [1.82, 2.24) is 19.7 Å². The molecule has 7 nitrogen and oxygen atoms in total. The molecule has 7 heteroatoms. The van der Waals surface area contributed by atoms with E-state index < -0.39 is 5.76 Å². The maximum atomic E-state index is 11.9. The van der Waals surface area contributed by atoms with Crippen molar-refractivity contribution in [1.29, 1.82) is 0 Å². The fourth-order valence-electron chi connectivity index (χ4n) is 2.37. The zero-order valence-electron chi connectivity index (χ0n) is 12.5. The van der Waals surface area contributed by atoms with E-state index in [1.54, 1.807) is 24.5 Å². The van der Waals surface area contributed by atoms with Gasteiger partial charge < -0.3 is 4.42 Å². The standard InChI is InChI=1S/C17H12N4O3/c22-17-21(15(20-24-17)13-7-4-8-18-9-13)10-14-11-23-16(19-14)12-5-2-1-3-6-12/h1-9,11H,10H2. The first-order chi connectivity index (χ1) is 11.8. The summed E-state index contributed by atoms with van der Waals surface area (Å²) in [6.45, 7) is 0.197. The quantitative estimate of drug-likeness (QED) is 0.574. The lowest BCUT2D eigenvalue weighted by molar-refractivity contribution is 0.378. The predicted molar refractivity (Wildman–Crippen MR) is 85.0 cm³/mol. The van der Waals surface area contributed by atoms with Gasteiger partial charge in [0.05, 0.1) is 12.2 Å². The molecule has 0 aliphatic rings. The Bertz CT molecular complexity index is 1000. The molecule has 0 fully saturated rings. The Morgan fingerprint density at radius 2 is 1.88 bits per heavy atom. The predicted octanol–water partition coefficient (Wildman–Crippen LogP) is 2.60. The van der Waals surface area contributed by atoms with Gasteiger partial charge in [-0.3, -0.25) is 14.1 Å². The van der Waals surface area contributed by atoms with Gasteiger partial charge in [0.1, 0.15) is 6.26 Å². The van der Waals surface area contributed by atoms with Gasteiger partial charge in [-0.15, -0.1) is 0 Å². The van der Waals surface area contributed by atoms with Crippen LogP contribution in [0.3, 0.4) is 0 Å². The summed E-state index contributed by atoms with van der Waals surface area (Å²) in [5.41, 5.74) is 2.16. The summed E-state index contributed by atoms with van der Waals surface area (Å²) < 4.78 is 11.7.